The Labute approximate surface area is 104 Å². The van der Waals surface area contributed by atoms with Crippen LogP contribution in [-0.4, -0.2) is 10.2 Å². The fourth-order valence-corrected chi connectivity index (χ4v) is 3.00. The fourth-order valence-electron chi connectivity index (χ4n) is 1.61. The van der Waals surface area contributed by atoms with Crippen LogP contribution < -0.4 is 5.73 Å². The second-order valence-corrected chi connectivity index (χ2v) is 5.50. The molecule has 3 rings (SSSR count). The summed E-state index contributed by atoms with van der Waals surface area (Å²) in [6.45, 7) is 0. The van der Waals surface area contributed by atoms with E-state index in [0.717, 1.165) is 15.0 Å². The second-order valence-electron chi connectivity index (χ2n) is 3.50. The number of anilines is 1. The van der Waals surface area contributed by atoms with Gasteiger partial charge in [-0.1, -0.05) is 15.9 Å². The number of fused-ring (bicyclic) bond motifs is 1. The van der Waals surface area contributed by atoms with Crippen LogP contribution in [0.2, 0.25) is 0 Å². The van der Waals surface area contributed by atoms with Crippen molar-refractivity contribution in [2.45, 2.75) is 0 Å². The topological polar surface area (TPSA) is 54.7 Å². The lowest BCUT2D eigenvalue weighted by Crippen LogP contribution is -1.81. The molecule has 1 aromatic carbocycles. The molecule has 0 saturated heterocycles. The van der Waals surface area contributed by atoms with Gasteiger partial charge >= 0.3 is 0 Å². The number of thiophene rings is 1. The van der Waals surface area contributed by atoms with Gasteiger partial charge in [-0.25, -0.2) is 0 Å². The van der Waals surface area contributed by atoms with Crippen molar-refractivity contribution in [3.8, 4) is 10.6 Å². The molecule has 0 radical (unpaired) electrons. The Bertz CT molecular complexity index is 656. The third-order valence-corrected chi connectivity index (χ3v) is 3.98. The van der Waals surface area contributed by atoms with Gasteiger partial charge in [-0.05, 0) is 29.7 Å². The highest BCUT2D eigenvalue weighted by Crippen LogP contribution is 2.34. The third kappa shape index (κ3) is 1.62. The maximum Gasteiger partial charge on any atom is 0.145 e. The molecular weight excluding hydrogens is 286 g/mol. The van der Waals surface area contributed by atoms with Crippen LogP contribution in [0.25, 0.3) is 20.7 Å². The van der Waals surface area contributed by atoms with Crippen molar-refractivity contribution in [1.29, 1.82) is 0 Å². The third-order valence-electron chi connectivity index (χ3n) is 2.34. The molecule has 0 spiro atoms. The van der Waals surface area contributed by atoms with Gasteiger partial charge in [0, 0.05) is 15.2 Å². The molecule has 0 unspecified atom stereocenters. The molecule has 0 aliphatic heterocycles. The van der Waals surface area contributed by atoms with E-state index in [1.165, 1.54) is 10.1 Å². The molecule has 0 aliphatic carbocycles. The number of halogens is 1. The molecule has 80 valence electrons. The van der Waals surface area contributed by atoms with Crippen LogP contribution in [0.1, 0.15) is 0 Å². The number of nitrogens with zero attached hydrogens (tertiary/aromatic N) is 1. The molecule has 2 heterocycles. The van der Waals surface area contributed by atoms with Gasteiger partial charge in [0.2, 0.25) is 0 Å². The number of nitrogen functional groups attached to an aromatic ring is 1. The molecule has 0 aliphatic rings. The van der Waals surface area contributed by atoms with E-state index < -0.39 is 0 Å². The standard InChI is InChI=1S/C11H8BrN3S/c12-7-1-2-9-6(3-7)4-10(16-9)8-5-11(13)15-14-8/h1-5H,(H3,13,14,15). The number of benzene rings is 1. The van der Waals surface area contributed by atoms with Gasteiger partial charge in [0.25, 0.3) is 0 Å². The average molecular weight is 294 g/mol. The minimum atomic E-state index is 0.522. The highest BCUT2D eigenvalue weighted by atomic mass is 79.9. The quantitative estimate of drug-likeness (QED) is 0.720. The van der Waals surface area contributed by atoms with Gasteiger partial charge in [-0.15, -0.1) is 11.3 Å². The van der Waals surface area contributed by atoms with Crippen molar-refractivity contribution in [1.82, 2.24) is 10.2 Å². The molecule has 3 aromatic rings. The van der Waals surface area contributed by atoms with Crippen LogP contribution in [0, 0.1) is 0 Å². The van der Waals surface area contributed by atoms with Crippen LogP contribution in [0.15, 0.2) is 34.8 Å². The number of rotatable bonds is 1. The number of aromatic amines is 1. The molecule has 0 saturated carbocycles. The van der Waals surface area contributed by atoms with Crippen LogP contribution in [-0.2, 0) is 0 Å². The molecule has 0 atom stereocenters. The SMILES string of the molecule is Nc1cc(-c2cc3cc(Br)ccc3s2)[nH]n1. The van der Waals surface area contributed by atoms with Crippen LogP contribution in [0.4, 0.5) is 5.82 Å². The zero-order valence-electron chi connectivity index (χ0n) is 8.20. The summed E-state index contributed by atoms with van der Waals surface area (Å²) < 4.78 is 2.35. The summed E-state index contributed by atoms with van der Waals surface area (Å²) in [6.07, 6.45) is 0. The molecule has 0 fully saturated rings. The number of hydrogen-bond acceptors (Lipinski definition) is 3. The van der Waals surface area contributed by atoms with E-state index in [4.69, 9.17) is 5.73 Å². The molecule has 0 amide bonds. The van der Waals surface area contributed by atoms with E-state index >= 15 is 0 Å². The van der Waals surface area contributed by atoms with Crippen molar-refractivity contribution < 1.29 is 0 Å². The summed E-state index contributed by atoms with van der Waals surface area (Å²) >= 11 is 5.19. The Kier molecular flexibility index (Phi) is 2.22. The number of hydrogen-bond donors (Lipinski definition) is 2. The fraction of sp³-hybridized carbons (Fsp3) is 0. The molecule has 16 heavy (non-hydrogen) atoms. The Morgan fingerprint density at radius 1 is 1.25 bits per heavy atom. The zero-order chi connectivity index (χ0) is 11.1. The minimum absolute atomic E-state index is 0.522. The predicted octanol–water partition coefficient (Wildman–Crippen LogP) is 3.64. The van der Waals surface area contributed by atoms with Crippen molar-refractivity contribution in [2.75, 3.05) is 5.73 Å². The monoisotopic (exact) mass is 293 g/mol. The van der Waals surface area contributed by atoms with E-state index in [9.17, 15) is 0 Å². The summed E-state index contributed by atoms with van der Waals surface area (Å²) in [7, 11) is 0. The largest absolute Gasteiger partial charge is 0.382 e. The van der Waals surface area contributed by atoms with Crippen molar-refractivity contribution in [2.24, 2.45) is 0 Å². The Hall–Kier alpha value is -1.33. The van der Waals surface area contributed by atoms with E-state index in [2.05, 4.69) is 44.3 Å². The van der Waals surface area contributed by atoms with E-state index in [1.807, 2.05) is 12.1 Å². The first-order valence-electron chi connectivity index (χ1n) is 4.73. The van der Waals surface area contributed by atoms with Gasteiger partial charge in [0.15, 0.2) is 0 Å². The summed E-state index contributed by atoms with van der Waals surface area (Å²) in [5, 5.41) is 8.08. The summed E-state index contributed by atoms with van der Waals surface area (Å²) in [5.41, 5.74) is 6.56. The number of aromatic nitrogens is 2. The highest BCUT2D eigenvalue weighted by Gasteiger charge is 2.06. The van der Waals surface area contributed by atoms with E-state index in [0.29, 0.717) is 5.82 Å². The normalized spacial score (nSPS) is 11.1. The van der Waals surface area contributed by atoms with Gasteiger partial charge in [0.05, 0.1) is 10.6 Å². The Morgan fingerprint density at radius 2 is 2.12 bits per heavy atom. The van der Waals surface area contributed by atoms with Gasteiger partial charge in [-0.2, -0.15) is 5.10 Å². The number of nitrogens with one attached hydrogen (secondary N) is 1. The lowest BCUT2D eigenvalue weighted by molar-refractivity contribution is 1.11. The summed E-state index contributed by atoms with van der Waals surface area (Å²) in [6, 6.07) is 10.2. The molecule has 2 aromatic heterocycles. The van der Waals surface area contributed by atoms with E-state index in [1.54, 1.807) is 11.3 Å². The average Bonchev–Trinajstić information content (AvgIpc) is 2.83. The van der Waals surface area contributed by atoms with Gasteiger partial charge in [-0.3, -0.25) is 5.10 Å². The first kappa shape index (κ1) is 9.86. The second kappa shape index (κ2) is 3.61. The Balaban J connectivity index is 2.18. The van der Waals surface area contributed by atoms with Crippen molar-refractivity contribution >= 4 is 43.2 Å². The van der Waals surface area contributed by atoms with Crippen LogP contribution >= 0.6 is 27.3 Å². The number of H-pyrrole nitrogens is 1. The lowest BCUT2D eigenvalue weighted by atomic mass is 10.2. The molecular formula is C11H8BrN3S. The highest BCUT2D eigenvalue weighted by molar-refractivity contribution is 9.10. The van der Waals surface area contributed by atoms with Crippen molar-refractivity contribution in [3.63, 3.8) is 0 Å². The Morgan fingerprint density at radius 3 is 2.88 bits per heavy atom. The molecule has 5 heteroatoms. The summed E-state index contributed by atoms with van der Waals surface area (Å²) in [5.74, 6) is 0.522. The number of nitrogens with two attached hydrogens (primary N) is 1. The smallest absolute Gasteiger partial charge is 0.145 e. The molecule has 3 N–H and O–H groups in total. The van der Waals surface area contributed by atoms with Crippen LogP contribution in [0.3, 0.4) is 0 Å². The maximum absolute atomic E-state index is 5.59. The summed E-state index contributed by atoms with van der Waals surface area (Å²) in [4.78, 5) is 1.15. The lowest BCUT2D eigenvalue weighted by Gasteiger charge is -1.88. The first-order chi connectivity index (χ1) is 7.72. The first-order valence-corrected chi connectivity index (χ1v) is 6.34. The van der Waals surface area contributed by atoms with E-state index in [-0.39, 0.29) is 0 Å². The van der Waals surface area contributed by atoms with Crippen LogP contribution in [0.5, 0.6) is 0 Å². The zero-order valence-corrected chi connectivity index (χ0v) is 10.6. The minimum Gasteiger partial charge on any atom is -0.382 e. The van der Waals surface area contributed by atoms with Gasteiger partial charge < -0.3 is 5.73 Å². The molecule has 3 nitrogen and oxygen atoms in total. The molecule has 0 bridgehead atoms. The maximum atomic E-state index is 5.59. The predicted molar refractivity (Wildman–Crippen MR) is 71.5 cm³/mol. The van der Waals surface area contributed by atoms with Gasteiger partial charge in [0.1, 0.15) is 5.82 Å². The van der Waals surface area contributed by atoms with Crippen molar-refractivity contribution in [3.05, 3.63) is 34.8 Å².